The standard InChI is InChI=1S/C22H18BrClN4OS2/c1-13-20(14-6-4-3-5-7-14)16(11-30-13)21-26-27-22(28(21)2)31-12-19(29)25-18-9-8-15(23)10-17(18)24/h3-11H,12H2,1-2H3,(H,25,29). The summed E-state index contributed by atoms with van der Waals surface area (Å²) in [6.45, 7) is 2.11. The predicted molar refractivity (Wildman–Crippen MR) is 133 cm³/mol. The molecule has 0 saturated carbocycles. The van der Waals surface area contributed by atoms with E-state index in [-0.39, 0.29) is 11.7 Å². The molecule has 0 aliphatic heterocycles. The van der Waals surface area contributed by atoms with Gasteiger partial charge in [0, 0.05) is 32.9 Å². The average Bonchev–Trinajstić information content (AvgIpc) is 3.31. The van der Waals surface area contributed by atoms with Crippen molar-refractivity contribution < 1.29 is 4.79 Å². The highest BCUT2D eigenvalue weighted by atomic mass is 79.9. The van der Waals surface area contributed by atoms with Gasteiger partial charge in [0.15, 0.2) is 11.0 Å². The zero-order valence-corrected chi connectivity index (χ0v) is 20.7. The highest BCUT2D eigenvalue weighted by Crippen LogP contribution is 2.38. The Kier molecular flexibility index (Phi) is 6.81. The van der Waals surface area contributed by atoms with Crippen LogP contribution in [-0.2, 0) is 11.8 Å². The lowest BCUT2D eigenvalue weighted by Crippen LogP contribution is -2.14. The first-order chi connectivity index (χ1) is 14.9. The first-order valence-electron chi connectivity index (χ1n) is 9.35. The maximum Gasteiger partial charge on any atom is 0.234 e. The van der Waals surface area contributed by atoms with Crippen LogP contribution in [0.25, 0.3) is 22.5 Å². The highest BCUT2D eigenvalue weighted by molar-refractivity contribution is 9.10. The maximum atomic E-state index is 12.4. The van der Waals surface area contributed by atoms with E-state index in [4.69, 9.17) is 11.6 Å². The van der Waals surface area contributed by atoms with Crippen molar-refractivity contribution in [3.05, 3.63) is 68.3 Å². The molecular formula is C22H18BrClN4OS2. The summed E-state index contributed by atoms with van der Waals surface area (Å²) in [5, 5.41) is 14.8. The monoisotopic (exact) mass is 532 g/mol. The average molecular weight is 534 g/mol. The maximum absolute atomic E-state index is 12.4. The molecule has 0 aliphatic rings. The number of hydrogen-bond acceptors (Lipinski definition) is 5. The summed E-state index contributed by atoms with van der Waals surface area (Å²) in [5.41, 5.74) is 3.94. The van der Waals surface area contributed by atoms with Gasteiger partial charge in [-0.25, -0.2) is 0 Å². The molecule has 5 nitrogen and oxygen atoms in total. The van der Waals surface area contributed by atoms with Gasteiger partial charge < -0.3 is 9.88 Å². The molecule has 2 heterocycles. The Morgan fingerprint density at radius 2 is 2.00 bits per heavy atom. The van der Waals surface area contributed by atoms with Gasteiger partial charge in [-0.05, 0) is 30.7 Å². The van der Waals surface area contributed by atoms with E-state index in [1.165, 1.54) is 22.2 Å². The molecule has 0 aliphatic carbocycles. The number of aryl methyl sites for hydroxylation is 1. The second-order valence-electron chi connectivity index (χ2n) is 6.77. The van der Waals surface area contributed by atoms with E-state index >= 15 is 0 Å². The zero-order valence-electron chi connectivity index (χ0n) is 16.7. The fourth-order valence-electron chi connectivity index (χ4n) is 3.17. The fourth-order valence-corrected chi connectivity index (χ4v) is 5.46. The molecule has 2 aromatic heterocycles. The SMILES string of the molecule is Cc1scc(-c2nnc(SCC(=O)Nc3ccc(Br)cc3Cl)n2C)c1-c1ccccc1. The van der Waals surface area contributed by atoms with Crippen molar-refractivity contribution in [3.8, 4) is 22.5 Å². The normalized spacial score (nSPS) is 11.0. The Morgan fingerprint density at radius 3 is 2.74 bits per heavy atom. The molecule has 4 rings (SSSR count). The molecule has 1 N–H and O–H groups in total. The molecule has 0 atom stereocenters. The van der Waals surface area contributed by atoms with E-state index < -0.39 is 0 Å². The summed E-state index contributed by atoms with van der Waals surface area (Å²) >= 11 is 12.6. The number of anilines is 1. The van der Waals surface area contributed by atoms with Crippen molar-refractivity contribution in [2.45, 2.75) is 12.1 Å². The van der Waals surface area contributed by atoms with Crippen LogP contribution in [0.1, 0.15) is 4.88 Å². The second kappa shape index (κ2) is 9.56. The van der Waals surface area contributed by atoms with Gasteiger partial charge in [0.1, 0.15) is 0 Å². The molecule has 9 heteroatoms. The third-order valence-electron chi connectivity index (χ3n) is 4.65. The minimum absolute atomic E-state index is 0.157. The molecule has 2 aromatic carbocycles. The molecule has 31 heavy (non-hydrogen) atoms. The number of rotatable bonds is 6. The molecule has 0 unspecified atom stereocenters. The molecule has 0 radical (unpaired) electrons. The van der Waals surface area contributed by atoms with E-state index in [1.54, 1.807) is 23.5 Å². The number of hydrogen-bond donors (Lipinski definition) is 1. The third kappa shape index (κ3) is 4.87. The summed E-state index contributed by atoms with van der Waals surface area (Å²) in [5.74, 6) is 0.823. The molecular weight excluding hydrogens is 516 g/mol. The Balaban J connectivity index is 1.50. The fraction of sp³-hybridized carbons (Fsp3) is 0.136. The first kappa shape index (κ1) is 22.1. The lowest BCUT2D eigenvalue weighted by molar-refractivity contribution is -0.113. The van der Waals surface area contributed by atoms with E-state index in [9.17, 15) is 4.79 Å². The van der Waals surface area contributed by atoms with Crippen molar-refractivity contribution in [3.63, 3.8) is 0 Å². The number of benzene rings is 2. The smallest absolute Gasteiger partial charge is 0.234 e. The van der Waals surface area contributed by atoms with Crippen molar-refractivity contribution in [2.75, 3.05) is 11.1 Å². The van der Waals surface area contributed by atoms with Gasteiger partial charge >= 0.3 is 0 Å². The summed E-state index contributed by atoms with van der Waals surface area (Å²) in [6.07, 6.45) is 0. The number of amides is 1. The van der Waals surface area contributed by atoms with Crippen molar-refractivity contribution in [2.24, 2.45) is 7.05 Å². The minimum Gasteiger partial charge on any atom is -0.324 e. The number of nitrogens with one attached hydrogen (secondary N) is 1. The van der Waals surface area contributed by atoms with Gasteiger partial charge in [0.25, 0.3) is 0 Å². The Hall–Kier alpha value is -2.13. The first-order valence-corrected chi connectivity index (χ1v) is 12.4. The van der Waals surface area contributed by atoms with Gasteiger partial charge in [-0.1, -0.05) is 69.6 Å². The van der Waals surface area contributed by atoms with Gasteiger partial charge in [0.05, 0.1) is 16.5 Å². The van der Waals surface area contributed by atoms with E-state index in [0.717, 1.165) is 21.4 Å². The van der Waals surface area contributed by atoms with E-state index in [0.29, 0.717) is 15.9 Å². The van der Waals surface area contributed by atoms with Crippen molar-refractivity contribution in [1.82, 2.24) is 14.8 Å². The second-order valence-corrected chi connectivity index (χ2v) is 10.1. The number of halogens is 2. The van der Waals surface area contributed by atoms with Crippen LogP contribution in [0, 0.1) is 6.92 Å². The molecule has 0 bridgehead atoms. The third-order valence-corrected chi connectivity index (χ3v) is 7.39. The van der Waals surface area contributed by atoms with Crippen LogP contribution in [0.3, 0.4) is 0 Å². The van der Waals surface area contributed by atoms with Crippen molar-refractivity contribution in [1.29, 1.82) is 0 Å². The molecule has 0 saturated heterocycles. The largest absolute Gasteiger partial charge is 0.324 e. The lowest BCUT2D eigenvalue weighted by Gasteiger charge is -2.08. The Morgan fingerprint density at radius 1 is 1.23 bits per heavy atom. The molecule has 4 aromatic rings. The number of nitrogens with zero attached hydrogens (tertiary/aromatic N) is 3. The van der Waals surface area contributed by atoms with Gasteiger partial charge in [-0.2, -0.15) is 0 Å². The van der Waals surface area contributed by atoms with Crippen LogP contribution < -0.4 is 5.32 Å². The number of carbonyl (C=O) groups is 1. The Bertz CT molecular complexity index is 1240. The summed E-state index contributed by atoms with van der Waals surface area (Å²) in [6, 6.07) is 15.6. The number of thioether (sulfide) groups is 1. The summed E-state index contributed by atoms with van der Waals surface area (Å²) in [4.78, 5) is 13.6. The van der Waals surface area contributed by atoms with Gasteiger partial charge in [0.2, 0.25) is 5.91 Å². The quantitative estimate of drug-likeness (QED) is 0.281. The molecule has 0 fully saturated rings. The number of thiophene rings is 1. The number of aromatic nitrogens is 3. The van der Waals surface area contributed by atoms with E-state index in [2.05, 4.69) is 55.9 Å². The van der Waals surface area contributed by atoms with Crippen LogP contribution in [-0.4, -0.2) is 26.4 Å². The Labute approximate surface area is 202 Å². The topological polar surface area (TPSA) is 59.8 Å². The minimum atomic E-state index is -0.157. The summed E-state index contributed by atoms with van der Waals surface area (Å²) in [7, 11) is 1.92. The van der Waals surface area contributed by atoms with E-state index in [1.807, 2.05) is 35.9 Å². The molecule has 1 amide bonds. The van der Waals surface area contributed by atoms with Crippen LogP contribution in [0.5, 0.6) is 0 Å². The number of carbonyl (C=O) groups excluding carboxylic acids is 1. The van der Waals surface area contributed by atoms with Crippen molar-refractivity contribution >= 4 is 62.2 Å². The molecule has 0 spiro atoms. The van der Waals surface area contributed by atoms with Crippen LogP contribution in [0.15, 0.2) is 63.5 Å². The highest BCUT2D eigenvalue weighted by Gasteiger charge is 2.19. The lowest BCUT2D eigenvalue weighted by atomic mass is 10.0. The zero-order chi connectivity index (χ0) is 22.0. The predicted octanol–water partition coefficient (Wildman–Crippen LogP) is 6.67. The van der Waals surface area contributed by atoms with Crippen LogP contribution in [0.2, 0.25) is 5.02 Å². The van der Waals surface area contributed by atoms with Gasteiger partial charge in [-0.3, -0.25) is 4.79 Å². The van der Waals surface area contributed by atoms with Crippen LogP contribution >= 0.6 is 50.6 Å². The van der Waals surface area contributed by atoms with Crippen LogP contribution in [0.4, 0.5) is 5.69 Å². The van der Waals surface area contributed by atoms with Gasteiger partial charge in [-0.15, -0.1) is 21.5 Å². The summed E-state index contributed by atoms with van der Waals surface area (Å²) < 4.78 is 2.79. The molecule has 158 valence electrons.